The summed E-state index contributed by atoms with van der Waals surface area (Å²) < 4.78 is 26.7. The van der Waals surface area contributed by atoms with Crippen molar-refractivity contribution in [1.82, 2.24) is 0 Å². The van der Waals surface area contributed by atoms with E-state index in [4.69, 9.17) is 23.7 Å². The Morgan fingerprint density at radius 2 is 0.853 bits per heavy atom. The van der Waals surface area contributed by atoms with Gasteiger partial charge in [-0.25, -0.2) is 0 Å². The Hall–Kier alpha value is -0.640. The molecule has 16 nitrogen and oxygen atoms in total. The van der Waals surface area contributed by atoms with Gasteiger partial charge in [0.15, 0.2) is 18.9 Å². The fourth-order valence-electron chi connectivity index (χ4n) is 4.04. The fraction of sp³-hybridized carbons (Fsp3) is 1.00. The maximum atomic E-state index is 10.5. The SMILES string of the molecule is OC[C@H]1O[C@@H](O[C@H]2[C@@H](O[C@@H]3O[C@H](CO)[C@@H](O)[C@H](O)[C@H]3O)[C@@H](CO)OC(O)[C@@H]2O)[C@@H](O)[C@@H](O)[C@@H]1O. The molecule has 0 aromatic rings. The summed E-state index contributed by atoms with van der Waals surface area (Å²) in [6, 6.07) is 0. The van der Waals surface area contributed by atoms with Gasteiger partial charge in [0.05, 0.1) is 19.8 Å². The molecule has 0 spiro atoms. The van der Waals surface area contributed by atoms with E-state index in [9.17, 15) is 56.2 Å². The summed E-state index contributed by atoms with van der Waals surface area (Å²) in [6.07, 6.45) is -25.6. The highest BCUT2D eigenvalue weighted by atomic mass is 16.8. The molecule has 0 saturated carbocycles. The molecule has 3 rings (SSSR count). The lowest BCUT2D eigenvalue weighted by atomic mass is 9.96. The van der Waals surface area contributed by atoms with E-state index >= 15 is 0 Å². The van der Waals surface area contributed by atoms with Crippen LogP contribution in [-0.4, -0.2) is 168 Å². The Labute approximate surface area is 192 Å². The van der Waals surface area contributed by atoms with E-state index in [1.165, 1.54) is 0 Å². The molecule has 3 heterocycles. The van der Waals surface area contributed by atoms with Gasteiger partial charge in [-0.15, -0.1) is 0 Å². The fourth-order valence-corrected chi connectivity index (χ4v) is 4.04. The molecule has 34 heavy (non-hydrogen) atoms. The van der Waals surface area contributed by atoms with Crippen LogP contribution < -0.4 is 0 Å². The first-order chi connectivity index (χ1) is 16.0. The third-order valence-corrected chi connectivity index (χ3v) is 6.09. The molecule has 0 aromatic heterocycles. The van der Waals surface area contributed by atoms with Crippen molar-refractivity contribution in [3.8, 4) is 0 Å². The molecule has 0 aliphatic carbocycles. The smallest absolute Gasteiger partial charge is 0.187 e. The van der Waals surface area contributed by atoms with Crippen LogP contribution in [0, 0.1) is 0 Å². The maximum absolute atomic E-state index is 10.5. The number of ether oxygens (including phenoxy) is 5. The normalized spacial score (nSPS) is 52.5. The highest BCUT2D eigenvalue weighted by Gasteiger charge is 2.53. The van der Waals surface area contributed by atoms with Gasteiger partial charge in [-0.1, -0.05) is 0 Å². The van der Waals surface area contributed by atoms with Gasteiger partial charge in [0.25, 0.3) is 0 Å². The number of rotatable bonds is 7. The van der Waals surface area contributed by atoms with E-state index in [-0.39, 0.29) is 0 Å². The van der Waals surface area contributed by atoms with Gasteiger partial charge >= 0.3 is 0 Å². The largest absolute Gasteiger partial charge is 0.394 e. The Kier molecular flexibility index (Phi) is 9.54. The number of hydrogen-bond donors (Lipinski definition) is 11. The van der Waals surface area contributed by atoms with Crippen molar-refractivity contribution in [3.63, 3.8) is 0 Å². The molecule has 0 aromatic carbocycles. The maximum Gasteiger partial charge on any atom is 0.187 e. The lowest BCUT2D eigenvalue weighted by molar-refractivity contribution is -0.383. The van der Waals surface area contributed by atoms with Crippen molar-refractivity contribution < 1.29 is 79.9 Å². The zero-order valence-corrected chi connectivity index (χ0v) is 17.7. The van der Waals surface area contributed by atoms with Crippen LogP contribution in [0.4, 0.5) is 0 Å². The van der Waals surface area contributed by atoms with Gasteiger partial charge in [-0.2, -0.15) is 0 Å². The first-order valence-electron chi connectivity index (χ1n) is 10.6. The van der Waals surface area contributed by atoms with E-state index in [2.05, 4.69) is 0 Å². The minimum Gasteiger partial charge on any atom is -0.394 e. The molecule has 0 bridgehead atoms. The summed E-state index contributed by atoms with van der Waals surface area (Å²) in [7, 11) is 0. The van der Waals surface area contributed by atoms with Gasteiger partial charge in [0, 0.05) is 0 Å². The molecule has 3 aliphatic rings. The molecule has 15 atom stereocenters. The van der Waals surface area contributed by atoms with Gasteiger partial charge in [0.1, 0.15) is 73.2 Å². The van der Waals surface area contributed by atoms with Crippen molar-refractivity contribution in [2.75, 3.05) is 19.8 Å². The van der Waals surface area contributed by atoms with Crippen molar-refractivity contribution in [2.45, 2.75) is 92.1 Å². The van der Waals surface area contributed by atoms with E-state index in [0.29, 0.717) is 0 Å². The molecular formula is C18H32O16. The summed E-state index contributed by atoms with van der Waals surface area (Å²) in [5, 5.41) is 109. The molecule has 3 aliphatic heterocycles. The van der Waals surface area contributed by atoms with E-state index < -0.39 is 112 Å². The molecular weight excluding hydrogens is 472 g/mol. The second kappa shape index (κ2) is 11.6. The van der Waals surface area contributed by atoms with E-state index in [1.54, 1.807) is 0 Å². The van der Waals surface area contributed by atoms with Gasteiger partial charge in [-0.3, -0.25) is 0 Å². The topological polar surface area (TPSA) is 269 Å². The van der Waals surface area contributed by atoms with Gasteiger partial charge in [0.2, 0.25) is 0 Å². The van der Waals surface area contributed by atoms with Crippen molar-refractivity contribution >= 4 is 0 Å². The average molecular weight is 504 g/mol. The molecule has 16 heteroatoms. The minimum atomic E-state index is -1.93. The van der Waals surface area contributed by atoms with Crippen LogP contribution in [0.2, 0.25) is 0 Å². The second-order valence-corrected chi connectivity index (χ2v) is 8.33. The zero-order valence-electron chi connectivity index (χ0n) is 17.7. The van der Waals surface area contributed by atoms with Crippen molar-refractivity contribution in [2.24, 2.45) is 0 Å². The predicted octanol–water partition coefficient (Wildman–Crippen LogP) is -7.57. The first kappa shape index (κ1) is 27.9. The quantitative estimate of drug-likeness (QED) is 0.154. The Morgan fingerprint density at radius 1 is 0.441 bits per heavy atom. The summed E-state index contributed by atoms with van der Waals surface area (Å²) in [5.74, 6) is 0. The molecule has 3 fully saturated rings. The van der Waals surface area contributed by atoms with Crippen LogP contribution in [0.25, 0.3) is 0 Å². The Balaban J connectivity index is 1.84. The van der Waals surface area contributed by atoms with Crippen LogP contribution in [0.5, 0.6) is 0 Å². The number of aliphatic hydroxyl groups is 11. The lowest BCUT2D eigenvalue weighted by Gasteiger charge is -2.48. The summed E-state index contributed by atoms with van der Waals surface area (Å²) >= 11 is 0. The highest BCUT2D eigenvalue weighted by Crippen LogP contribution is 2.32. The number of aliphatic hydroxyl groups excluding tert-OH is 11. The first-order valence-corrected chi connectivity index (χ1v) is 10.6. The monoisotopic (exact) mass is 504 g/mol. The minimum absolute atomic E-state index is 0.762. The van der Waals surface area contributed by atoms with Crippen LogP contribution in [0.15, 0.2) is 0 Å². The van der Waals surface area contributed by atoms with E-state index in [0.717, 1.165) is 0 Å². The molecule has 11 N–H and O–H groups in total. The van der Waals surface area contributed by atoms with Gasteiger partial charge < -0.3 is 79.9 Å². The number of hydrogen-bond acceptors (Lipinski definition) is 16. The Morgan fingerprint density at radius 3 is 1.26 bits per heavy atom. The van der Waals surface area contributed by atoms with Crippen LogP contribution in [-0.2, 0) is 23.7 Å². The lowest BCUT2D eigenvalue weighted by Crippen LogP contribution is -2.67. The third kappa shape index (κ3) is 5.37. The summed E-state index contributed by atoms with van der Waals surface area (Å²) in [6.45, 7) is -2.35. The van der Waals surface area contributed by atoms with Crippen LogP contribution in [0.1, 0.15) is 0 Å². The zero-order chi connectivity index (χ0) is 25.3. The molecule has 1 unspecified atom stereocenters. The molecule has 3 saturated heterocycles. The van der Waals surface area contributed by atoms with Crippen molar-refractivity contribution in [3.05, 3.63) is 0 Å². The van der Waals surface area contributed by atoms with Gasteiger partial charge in [-0.05, 0) is 0 Å². The van der Waals surface area contributed by atoms with Crippen LogP contribution in [0.3, 0.4) is 0 Å². The Bertz CT molecular complexity index is 599. The van der Waals surface area contributed by atoms with E-state index in [1.807, 2.05) is 0 Å². The average Bonchev–Trinajstić information content (AvgIpc) is 2.83. The van der Waals surface area contributed by atoms with Crippen molar-refractivity contribution in [1.29, 1.82) is 0 Å². The summed E-state index contributed by atoms with van der Waals surface area (Å²) in [5.41, 5.74) is 0. The summed E-state index contributed by atoms with van der Waals surface area (Å²) in [4.78, 5) is 0. The molecule has 0 radical (unpaired) electrons. The molecule has 0 amide bonds. The van der Waals surface area contributed by atoms with Crippen LogP contribution >= 0.6 is 0 Å². The standard InChI is InChI=1S/C18H32O16/c19-1-4-7(22)9(24)11(26)17(31-4)33-14-6(3-21)30-16(29)13(28)15(14)34-18-12(27)10(25)8(23)5(2-20)32-18/h4-29H,1-3H2/t4-,5-,6-,7-,8-,9+,10+,11-,12+,13-,14+,15-,16?,17+,18+/m1/s1. The molecule has 200 valence electrons. The predicted molar refractivity (Wildman–Crippen MR) is 101 cm³/mol. The second-order valence-electron chi connectivity index (χ2n) is 8.33. The highest BCUT2D eigenvalue weighted by molar-refractivity contribution is 4.96. The third-order valence-electron chi connectivity index (χ3n) is 6.09.